The summed E-state index contributed by atoms with van der Waals surface area (Å²) in [4.78, 5) is 0. The number of nitrogens with one attached hydrogen (secondary N) is 1. The highest BCUT2D eigenvalue weighted by molar-refractivity contribution is 4.98. The molecule has 1 saturated carbocycles. The molecule has 2 rings (SSSR count). The fourth-order valence-corrected chi connectivity index (χ4v) is 2.68. The van der Waals surface area contributed by atoms with Crippen LogP contribution in [-0.4, -0.2) is 23.3 Å². The molecule has 0 heterocycles. The summed E-state index contributed by atoms with van der Waals surface area (Å²) in [6.07, 6.45) is 13.7. The molecule has 0 aliphatic heterocycles. The van der Waals surface area contributed by atoms with Crippen molar-refractivity contribution in [2.45, 2.75) is 63.0 Å². The highest BCUT2D eigenvalue weighted by atomic mass is 16.3. The van der Waals surface area contributed by atoms with Gasteiger partial charge in [0, 0.05) is 12.6 Å². The van der Waals surface area contributed by atoms with Gasteiger partial charge in [-0.2, -0.15) is 0 Å². The Labute approximate surface area is 92.8 Å². The molecule has 0 spiro atoms. The first-order valence-corrected chi connectivity index (χ1v) is 6.39. The second-order valence-electron chi connectivity index (χ2n) is 5.16. The monoisotopic (exact) mass is 209 g/mol. The quantitative estimate of drug-likeness (QED) is 0.552. The van der Waals surface area contributed by atoms with E-state index < -0.39 is 5.60 Å². The van der Waals surface area contributed by atoms with E-state index in [2.05, 4.69) is 17.5 Å². The minimum absolute atomic E-state index is 0.418. The summed E-state index contributed by atoms with van der Waals surface area (Å²) in [5, 5.41) is 13.9. The number of hydrogen-bond acceptors (Lipinski definition) is 2. The van der Waals surface area contributed by atoms with E-state index in [0.29, 0.717) is 6.04 Å². The summed E-state index contributed by atoms with van der Waals surface area (Å²) in [7, 11) is 0. The first-order valence-electron chi connectivity index (χ1n) is 6.39. The molecule has 0 atom stereocenters. The van der Waals surface area contributed by atoms with Crippen molar-refractivity contribution >= 4 is 0 Å². The fraction of sp³-hybridized carbons (Fsp3) is 0.846. The molecule has 0 aromatic rings. The number of hydrogen-bond donors (Lipinski definition) is 2. The molecular formula is C13H23NO. The smallest absolute Gasteiger partial charge is 0.0771 e. The van der Waals surface area contributed by atoms with Gasteiger partial charge in [0.25, 0.3) is 0 Å². The standard InChI is InChI=1S/C13H23NO/c15-13(9-5-1-2-6-10-13)11-14-12-7-3-4-8-12/h3-4,12,14-15H,1-2,5-11H2. The first kappa shape index (κ1) is 11.2. The van der Waals surface area contributed by atoms with E-state index in [1.54, 1.807) is 0 Å². The lowest BCUT2D eigenvalue weighted by atomic mass is 9.94. The largest absolute Gasteiger partial charge is 0.389 e. The van der Waals surface area contributed by atoms with Gasteiger partial charge in [0.1, 0.15) is 0 Å². The highest BCUT2D eigenvalue weighted by Crippen LogP contribution is 2.26. The molecular weight excluding hydrogens is 186 g/mol. The van der Waals surface area contributed by atoms with Crippen molar-refractivity contribution in [3.8, 4) is 0 Å². The van der Waals surface area contributed by atoms with Crippen LogP contribution >= 0.6 is 0 Å². The zero-order chi connectivity index (χ0) is 10.6. The Morgan fingerprint density at radius 3 is 2.27 bits per heavy atom. The van der Waals surface area contributed by atoms with Crippen LogP contribution in [0.2, 0.25) is 0 Å². The predicted molar refractivity (Wildman–Crippen MR) is 62.8 cm³/mol. The average molecular weight is 209 g/mol. The van der Waals surface area contributed by atoms with Crippen LogP contribution in [-0.2, 0) is 0 Å². The summed E-state index contributed by atoms with van der Waals surface area (Å²) in [6, 6.07) is 0.581. The van der Waals surface area contributed by atoms with E-state index >= 15 is 0 Å². The molecule has 0 unspecified atom stereocenters. The molecule has 0 radical (unpaired) electrons. The van der Waals surface area contributed by atoms with Gasteiger partial charge in [0.05, 0.1) is 5.60 Å². The van der Waals surface area contributed by atoms with E-state index in [1.165, 1.54) is 25.7 Å². The molecule has 2 aliphatic carbocycles. The van der Waals surface area contributed by atoms with Crippen LogP contribution in [0.3, 0.4) is 0 Å². The Kier molecular flexibility index (Phi) is 3.81. The summed E-state index contributed by atoms with van der Waals surface area (Å²) < 4.78 is 0. The lowest BCUT2D eigenvalue weighted by Gasteiger charge is -2.28. The Hall–Kier alpha value is -0.340. The number of aliphatic hydroxyl groups is 1. The van der Waals surface area contributed by atoms with Crippen molar-refractivity contribution in [3.63, 3.8) is 0 Å². The van der Waals surface area contributed by atoms with Gasteiger partial charge in [-0.25, -0.2) is 0 Å². The molecule has 2 N–H and O–H groups in total. The SMILES string of the molecule is OC1(CNC2CC=CC2)CCCCCC1. The predicted octanol–water partition coefficient (Wildman–Crippen LogP) is 2.38. The Balaban J connectivity index is 1.75. The van der Waals surface area contributed by atoms with Crippen molar-refractivity contribution in [2.24, 2.45) is 0 Å². The van der Waals surface area contributed by atoms with Crippen LogP contribution in [0.25, 0.3) is 0 Å². The molecule has 2 heteroatoms. The minimum atomic E-state index is -0.418. The molecule has 0 aromatic carbocycles. The molecule has 1 fully saturated rings. The third kappa shape index (κ3) is 3.32. The van der Waals surface area contributed by atoms with E-state index in [9.17, 15) is 5.11 Å². The van der Waals surface area contributed by atoms with Gasteiger partial charge in [0.15, 0.2) is 0 Å². The topological polar surface area (TPSA) is 32.3 Å². The lowest BCUT2D eigenvalue weighted by molar-refractivity contribution is 0.0230. The van der Waals surface area contributed by atoms with Gasteiger partial charge in [-0.15, -0.1) is 0 Å². The van der Waals surface area contributed by atoms with Gasteiger partial charge in [-0.1, -0.05) is 37.8 Å². The van der Waals surface area contributed by atoms with Gasteiger partial charge < -0.3 is 10.4 Å². The Morgan fingerprint density at radius 2 is 1.67 bits per heavy atom. The van der Waals surface area contributed by atoms with Gasteiger partial charge >= 0.3 is 0 Å². The third-order valence-corrected chi connectivity index (χ3v) is 3.76. The summed E-state index contributed by atoms with van der Waals surface area (Å²) in [6.45, 7) is 0.791. The Bertz CT molecular complexity index is 209. The van der Waals surface area contributed by atoms with Crippen molar-refractivity contribution in [2.75, 3.05) is 6.54 Å². The summed E-state index contributed by atoms with van der Waals surface area (Å²) in [5.41, 5.74) is -0.418. The zero-order valence-corrected chi connectivity index (χ0v) is 9.54. The van der Waals surface area contributed by atoms with Crippen molar-refractivity contribution in [3.05, 3.63) is 12.2 Å². The van der Waals surface area contributed by atoms with E-state index in [-0.39, 0.29) is 0 Å². The van der Waals surface area contributed by atoms with Gasteiger partial charge in [-0.05, 0) is 25.7 Å². The van der Waals surface area contributed by atoms with Crippen molar-refractivity contribution < 1.29 is 5.11 Å². The van der Waals surface area contributed by atoms with Crippen LogP contribution in [0.15, 0.2) is 12.2 Å². The zero-order valence-electron chi connectivity index (χ0n) is 9.54. The summed E-state index contributed by atoms with van der Waals surface area (Å²) >= 11 is 0. The van der Waals surface area contributed by atoms with Gasteiger partial charge in [-0.3, -0.25) is 0 Å². The van der Waals surface area contributed by atoms with Crippen LogP contribution in [0.5, 0.6) is 0 Å². The Morgan fingerprint density at radius 1 is 1.07 bits per heavy atom. The van der Waals surface area contributed by atoms with Crippen LogP contribution in [0.4, 0.5) is 0 Å². The van der Waals surface area contributed by atoms with E-state index in [1.807, 2.05) is 0 Å². The van der Waals surface area contributed by atoms with E-state index in [4.69, 9.17) is 0 Å². The first-order chi connectivity index (χ1) is 7.29. The summed E-state index contributed by atoms with van der Waals surface area (Å²) in [5.74, 6) is 0. The normalized spacial score (nSPS) is 26.7. The van der Waals surface area contributed by atoms with Crippen LogP contribution in [0.1, 0.15) is 51.4 Å². The van der Waals surface area contributed by atoms with Crippen LogP contribution in [0, 0.1) is 0 Å². The molecule has 2 nitrogen and oxygen atoms in total. The molecule has 0 amide bonds. The van der Waals surface area contributed by atoms with Crippen molar-refractivity contribution in [1.82, 2.24) is 5.32 Å². The second-order valence-corrected chi connectivity index (χ2v) is 5.16. The third-order valence-electron chi connectivity index (χ3n) is 3.76. The van der Waals surface area contributed by atoms with Gasteiger partial charge in [0.2, 0.25) is 0 Å². The lowest BCUT2D eigenvalue weighted by Crippen LogP contribution is -2.43. The molecule has 0 saturated heterocycles. The van der Waals surface area contributed by atoms with E-state index in [0.717, 1.165) is 32.2 Å². The maximum Gasteiger partial charge on any atom is 0.0771 e. The highest BCUT2D eigenvalue weighted by Gasteiger charge is 2.28. The van der Waals surface area contributed by atoms with Crippen LogP contribution < -0.4 is 5.32 Å². The molecule has 0 bridgehead atoms. The molecule has 86 valence electrons. The molecule has 15 heavy (non-hydrogen) atoms. The maximum absolute atomic E-state index is 10.4. The average Bonchev–Trinajstić information content (AvgIpc) is 2.65. The molecule has 2 aliphatic rings. The fourth-order valence-electron chi connectivity index (χ4n) is 2.68. The second kappa shape index (κ2) is 5.13. The minimum Gasteiger partial charge on any atom is -0.389 e. The van der Waals surface area contributed by atoms with Crippen molar-refractivity contribution in [1.29, 1.82) is 0 Å². The number of rotatable bonds is 3. The maximum atomic E-state index is 10.4. The molecule has 0 aromatic heterocycles.